The Morgan fingerprint density at radius 2 is 1.58 bits per heavy atom. The van der Waals surface area contributed by atoms with Gasteiger partial charge in [-0.2, -0.15) is 0 Å². The fourth-order valence-electron chi connectivity index (χ4n) is 4.24. The van der Waals surface area contributed by atoms with Crippen LogP contribution in [0.1, 0.15) is 22.0 Å². The van der Waals surface area contributed by atoms with E-state index in [1.165, 1.54) is 12.1 Å². The van der Waals surface area contributed by atoms with Crippen LogP contribution in [0.15, 0.2) is 77.7 Å². The van der Waals surface area contributed by atoms with Gasteiger partial charge in [-0.05, 0) is 35.9 Å². The van der Waals surface area contributed by atoms with Crippen molar-refractivity contribution in [3.05, 3.63) is 89.7 Å². The average Bonchev–Trinajstić information content (AvgIpc) is 2.87. The molecule has 0 saturated carbocycles. The predicted octanol–water partition coefficient (Wildman–Crippen LogP) is 2.63. The van der Waals surface area contributed by atoms with Crippen molar-refractivity contribution in [2.24, 2.45) is 0 Å². The van der Waals surface area contributed by atoms with Crippen LogP contribution in [0.25, 0.3) is 0 Å². The van der Waals surface area contributed by atoms with Crippen LogP contribution in [-0.4, -0.2) is 57.6 Å². The molecule has 8 nitrogen and oxygen atoms in total. The Bertz CT molecular complexity index is 1370. The zero-order valence-electron chi connectivity index (χ0n) is 19.7. The van der Waals surface area contributed by atoms with E-state index in [1.807, 2.05) is 11.0 Å². The summed E-state index contributed by atoms with van der Waals surface area (Å²) in [6.07, 6.45) is 1.04. The number of carbonyl (C=O) groups excluding carboxylic acids is 2. The van der Waals surface area contributed by atoms with E-state index in [-0.39, 0.29) is 16.4 Å². The molecule has 3 N–H and O–H groups in total. The highest BCUT2D eigenvalue weighted by atomic mass is 32.2. The number of benzene rings is 3. The number of carbonyl (C=O) groups is 2. The zero-order chi connectivity index (χ0) is 25.9. The zero-order valence-corrected chi connectivity index (χ0v) is 20.5. The fraction of sp³-hybridized carbons (Fsp3) is 0.231. The largest absolute Gasteiger partial charge is 0.398 e. The maximum absolute atomic E-state index is 13.7. The number of piperazine rings is 1. The third-order valence-corrected chi connectivity index (χ3v) is 7.24. The van der Waals surface area contributed by atoms with Crippen LogP contribution in [0.4, 0.5) is 15.8 Å². The molecule has 3 aromatic rings. The molecule has 0 aromatic heterocycles. The van der Waals surface area contributed by atoms with E-state index in [0.717, 1.165) is 12.3 Å². The summed E-state index contributed by atoms with van der Waals surface area (Å²) in [6, 6.07) is 18.3. The molecule has 2 amide bonds. The number of amides is 2. The average molecular weight is 511 g/mol. The Balaban J connectivity index is 1.53. The van der Waals surface area contributed by atoms with Crippen molar-refractivity contribution < 1.29 is 22.4 Å². The molecule has 1 atom stereocenters. The Kier molecular flexibility index (Phi) is 7.25. The van der Waals surface area contributed by atoms with Gasteiger partial charge in [0.1, 0.15) is 11.9 Å². The van der Waals surface area contributed by atoms with E-state index < -0.39 is 27.6 Å². The smallest absolute Gasteiger partial charge is 0.254 e. The number of para-hydroxylation sites is 1. The summed E-state index contributed by atoms with van der Waals surface area (Å²) in [5.74, 6) is -1.38. The van der Waals surface area contributed by atoms with Crippen LogP contribution in [0.2, 0.25) is 0 Å². The Morgan fingerprint density at radius 3 is 2.22 bits per heavy atom. The van der Waals surface area contributed by atoms with Crippen molar-refractivity contribution in [3.8, 4) is 0 Å². The number of nitrogens with zero attached hydrogens (tertiary/aromatic N) is 2. The monoisotopic (exact) mass is 510 g/mol. The lowest BCUT2D eigenvalue weighted by Crippen LogP contribution is -2.52. The summed E-state index contributed by atoms with van der Waals surface area (Å²) in [5.41, 5.74) is 7.57. The normalized spacial score (nSPS) is 14.8. The summed E-state index contributed by atoms with van der Waals surface area (Å²) >= 11 is 0. The standard InChI is InChI=1S/C26H27FN4O4S/c1-36(34,35)23-17-19(27)11-12-22(23)30-13-15-31(16-14-30)26(33)24(18-7-3-2-4-8-18)29-25(32)20-9-5-6-10-21(20)28/h2-12,17,24H,13-16,28H2,1H3,(H,29,32)/t24-/m1/s1. The first-order valence-electron chi connectivity index (χ1n) is 11.4. The van der Waals surface area contributed by atoms with E-state index in [0.29, 0.717) is 43.1 Å². The van der Waals surface area contributed by atoms with Gasteiger partial charge in [0.05, 0.1) is 16.1 Å². The lowest BCUT2D eigenvalue weighted by Gasteiger charge is -2.38. The van der Waals surface area contributed by atoms with E-state index in [2.05, 4.69) is 5.32 Å². The van der Waals surface area contributed by atoms with Gasteiger partial charge in [0.2, 0.25) is 5.91 Å². The van der Waals surface area contributed by atoms with Gasteiger partial charge in [-0.15, -0.1) is 0 Å². The van der Waals surface area contributed by atoms with Crippen molar-refractivity contribution in [1.29, 1.82) is 0 Å². The van der Waals surface area contributed by atoms with E-state index in [1.54, 1.807) is 53.4 Å². The molecule has 4 rings (SSSR count). The van der Waals surface area contributed by atoms with Gasteiger partial charge in [0.15, 0.2) is 9.84 Å². The molecule has 1 aliphatic heterocycles. The summed E-state index contributed by atoms with van der Waals surface area (Å²) in [5, 5.41) is 2.82. The molecule has 188 valence electrons. The van der Waals surface area contributed by atoms with Crippen molar-refractivity contribution >= 4 is 33.0 Å². The third kappa shape index (κ3) is 5.49. The number of hydrogen-bond donors (Lipinski definition) is 2. The molecule has 0 aliphatic carbocycles. The quantitative estimate of drug-likeness (QED) is 0.493. The molecule has 1 aliphatic rings. The van der Waals surface area contributed by atoms with E-state index >= 15 is 0 Å². The van der Waals surface area contributed by atoms with Crippen LogP contribution in [-0.2, 0) is 14.6 Å². The number of nitrogens with one attached hydrogen (secondary N) is 1. The number of rotatable bonds is 6. The summed E-state index contributed by atoms with van der Waals surface area (Å²) in [4.78, 5) is 29.9. The van der Waals surface area contributed by atoms with Crippen LogP contribution in [0, 0.1) is 5.82 Å². The lowest BCUT2D eigenvalue weighted by molar-refractivity contribution is -0.133. The molecule has 1 heterocycles. The Labute approximate surface area is 209 Å². The summed E-state index contributed by atoms with van der Waals surface area (Å²) < 4.78 is 38.1. The van der Waals surface area contributed by atoms with Gasteiger partial charge < -0.3 is 20.9 Å². The number of sulfone groups is 1. The molecule has 0 radical (unpaired) electrons. The van der Waals surface area contributed by atoms with Gasteiger partial charge in [-0.25, -0.2) is 12.8 Å². The number of nitrogens with two attached hydrogens (primary N) is 1. The second kappa shape index (κ2) is 10.4. The first kappa shape index (κ1) is 25.2. The maximum atomic E-state index is 13.7. The van der Waals surface area contributed by atoms with Crippen LogP contribution in [0.3, 0.4) is 0 Å². The van der Waals surface area contributed by atoms with Crippen molar-refractivity contribution in [1.82, 2.24) is 10.2 Å². The minimum Gasteiger partial charge on any atom is -0.398 e. The second-order valence-electron chi connectivity index (χ2n) is 8.60. The summed E-state index contributed by atoms with van der Waals surface area (Å²) in [7, 11) is -3.65. The number of hydrogen-bond acceptors (Lipinski definition) is 6. The van der Waals surface area contributed by atoms with Crippen LogP contribution >= 0.6 is 0 Å². The van der Waals surface area contributed by atoms with Gasteiger partial charge >= 0.3 is 0 Å². The van der Waals surface area contributed by atoms with Gasteiger partial charge in [0.25, 0.3) is 5.91 Å². The van der Waals surface area contributed by atoms with Crippen LogP contribution < -0.4 is 16.0 Å². The molecule has 3 aromatic carbocycles. The molecule has 36 heavy (non-hydrogen) atoms. The molecular weight excluding hydrogens is 483 g/mol. The number of anilines is 2. The highest BCUT2D eigenvalue weighted by Gasteiger charge is 2.31. The molecule has 0 spiro atoms. The van der Waals surface area contributed by atoms with Gasteiger partial charge in [-0.3, -0.25) is 9.59 Å². The SMILES string of the molecule is CS(=O)(=O)c1cc(F)ccc1N1CCN(C(=O)[C@H](NC(=O)c2ccccc2N)c2ccccc2)CC1. The number of nitrogen functional groups attached to an aromatic ring is 1. The number of halogens is 1. The predicted molar refractivity (Wildman–Crippen MR) is 136 cm³/mol. The molecule has 1 fully saturated rings. The molecular formula is C26H27FN4O4S. The maximum Gasteiger partial charge on any atom is 0.254 e. The minimum absolute atomic E-state index is 0.0860. The minimum atomic E-state index is -3.65. The highest BCUT2D eigenvalue weighted by Crippen LogP contribution is 2.28. The first-order valence-corrected chi connectivity index (χ1v) is 13.3. The van der Waals surface area contributed by atoms with Crippen molar-refractivity contribution in [2.45, 2.75) is 10.9 Å². The van der Waals surface area contributed by atoms with Gasteiger partial charge in [0, 0.05) is 38.1 Å². The Hall–Kier alpha value is -3.92. The van der Waals surface area contributed by atoms with Gasteiger partial charge in [-0.1, -0.05) is 42.5 Å². The molecule has 1 saturated heterocycles. The Morgan fingerprint density at radius 1 is 0.944 bits per heavy atom. The summed E-state index contributed by atoms with van der Waals surface area (Å²) in [6.45, 7) is 1.29. The first-order chi connectivity index (χ1) is 17.1. The van der Waals surface area contributed by atoms with E-state index in [4.69, 9.17) is 5.73 Å². The second-order valence-corrected chi connectivity index (χ2v) is 10.6. The fourth-order valence-corrected chi connectivity index (χ4v) is 5.15. The lowest BCUT2D eigenvalue weighted by atomic mass is 10.0. The van der Waals surface area contributed by atoms with Crippen molar-refractivity contribution in [2.75, 3.05) is 43.1 Å². The topological polar surface area (TPSA) is 113 Å². The van der Waals surface area contributed by atoms with Crippen molar-refractivity contribution in [3.63, 3.8) is 0 Å². The molecule has 0 bridgehead atoms. The third-order valence-electron chi connectivity index (χ3n) is 6.11. The molecule has 10 heteroatoms. The van der Waals surface area contributed by atoms with Crippen LogP contribution in [0.5, 0.6) is 0 Å². The molecule has 0 unspecified atom stereocenters. The van der Waals surface area contributed by atoms with E-state index in [9.17, 15) is 22.4 Å². The highest BCUT2D eigenvalue weighted by molar-refractivity contribution is 7.90.